The van der Waals surface area contributed by atoms with E-state index in [1.807, 2.05) is 0 Å². The lowest BCUT2D eigenvalue weighted by molar-refractivity contribution is -0.137. The van der Waals surface area contributed by atoms with E-state index in [1.165, 1.54) is 6.07 Å². The number of halogens is 3. The summed E-state index contributed by atoms with van der Waals surface area (Å²) in [6.07, 6.45) is -3.85. The monoisotopic (exact) mass is 274 g/mol. The lowest BCUT2D eigenvalue weighted by Crippen LogP contribution is -2.44. The number of nitrogens with zero attached hydrogens (tertiary/aromatic N) is 1. The van der Waals surface area contributed by atoms with E-state index in [1.54, 1.807) is 0 Å². The molecule has 0 atom stereocenters. The minimum atomic E-state index is -4.41. The maximum Gasteiger partial charge on any atom is 0.416 e. The van der Waals surface area contributed by atoms with Gasteiger partial charge in [0.15, 0.2) is 0 Å². The third-order valence-corrected chi connectivity index (χ3v) is 3.32. The number of nitrogens with one attached hydrogen (secondary N) is 1. The predicted molar refractivity (Wildman–Crippen MR) is 66.1 cm³/mol. The van der Waals surface area contributed by atoms with Gasteiger partial charge in [0.05, 0.1) is 5.56 Å². The van der Waals surface area contributed by atoms with Gasteiger partial charge in [0.1, 0.15) is 5.75 Å². The average molecular weight is 274 g/mol. The highest BCUT2D eigenvalue weighted by Crippen LogP contribution is 2.32. The highest BCUT2D eigenvalue weighted by Gasteiger charge is 2.31. The van der Waals surface area contributed by atoms with Crippen molar-refractivity contribution in [3.8, 4) is 5.75 Å². The quantitative estimate of drug-likeness (QED) is 0.883. The van der Waals surface area contributed by atoms with Gasteiger partial charge in [0, 0.05) is 32.7 Å². The molecule has 1 saturated heterocycles. The van der Waals surface area contributed by atoms with E-state index in [9.17, 15) is 18.3 Å². The Morgan fingerprint density at radius 3 is 2.47 bits per heavy atom. The van der Waals surface area contributed by atoms with Gasteiger partial charge in [-0.15, -0.1) is 0 Å². The summed E-state index contributed by atoms with van der Waals surface area (Å²) in [5.41, 5.74) is -0.248. The summed E-state index contributed by atoms with van der Waals surface area (Å²) in [5, 5.41) is 12.9. The first-order chi connectivity index (χ1) is 8.97. The molecule has 19 heavy (non-hydrogen) atoms. The Kier molecular flexibility index (Phi) is 4.31. The maximum absolute atomic E-state index is 12.4. The second-order valence-electron chi connectivity index (χ2n) is 4.68. The molecule has 0 spiro atoms. The van der Waals surface area contributed by atoms with Gasteiger partial charge in [-0.25, -0.2) is 0 Å². The van der Waals surface area contributed by atoms with E-state index in [0.717, 1.165) is 44.9 Å². The van der Waals surface area contributed by atoms with Crippen LogP contribution in [0.4, 0.5) is 13.2 Å². The van der Waals surface area contributed by atoms with Gasteiger partial charge in [-0.3, -0.25) is 0 Å². The van der Waals surface area contributed by atoms with Crippen LogP contribution in [-0.2, 0) is 12.6 Å². The standard InChI is InChI=1S/C13H17F3N2O/c14-13(15,16)11-2-1-10(12(19)9-11)3-6-18-7-4-17-5-8-18/h1-2,9,17,19H,3-8H2. The fourth-order valence-corrected chi connectivity index (χ4v) is 2.16. The summed E-state index contributed by atoms with van der Waals surface area (Å²) < 4.78 is 37.3. The van der Waals surface area contributed by atoms with E-state index in [0.29, 0.717) is 12.0 Å². The number of benzene rings is 1. The Hall–Kier alpha value is -1.27. The Bertz CT molecular complexity index is 428. The van der Waals surface area contributed by atoms with Crippen molar-refractivity contribution in [2.24, 2.45) is 0 Å². The van der Waals surface area contributed by atoms with Crippen LogP contribution < -0.4 is 5.32 Å². The van der Waals surface area contributed by atoms with Gasteiger partial charge in [-0.05, 0) is 24.1 Å². The molecule has 106 valence electrons. The fourth-order valence-electron chi connectivity index (χ4n) is 2.16. The molecule has 2 N–H and O–H groups in total. The zero-order valence-corrected chi connectivity index (χ0v) is 10.5. The number of aromatic hydroxyl groups is 1. The maximum atomic E-state index is 12.4. The number of phenolic OH excluding ortho intramolecular Hbond substituents is 1. The number of piperazine rings is 1. The van der Waals surface area contributed by atoms with Crippen molar-refractivity contribution in [3.63, 3.8) is 0 Å². The van der Waals surface area contributed by atoms with Gasteiger partial charge in [0.25, 0.3) is 0 Å². The molecule has 3 nitrogen and oxygen atoms in total. The van der Waals surface area contributed by atoms with Crippen LogP contribution in [0.25, 0.3) is 0 Å². The molecule has 1 fully saturated rings. The van der Waals surface area contributed by atoms with E-state index in [-0.39, 0.29) is 5.75 Å². The predicted octanol–water partition coefficient (Wildman–Crippen LogP) is 1.86. The molecule has 0 radical (unpaired) electrons. The summed E-state index contributed by atoms with van der Waals surface area (Å²) in [5.74, 6) is -0.273. The van der Waals surface area contributed by atoms with Crippen LogP contribution in [0.2, 0.25) is 0 Å². The van der Waals surface area contributed by atoms with Crippen molar-refractivity contribution >= 4 is 0 Å². The summed E-state index contributed by atoms with van der Waals surface area (Å²) in [4.78, 5) is 2.23. The third-order valence-electron chi connectivity index (χ3n) is 3.32. The number of phenols is 1. The Morgan fingerprint density at radius 1 is 1.21 bits per heavy atom. The number of hydrogen-bond acceptors (Lipinski definition) is 3. The lowest BCUT2D eigenvalue weighted by atomic mass is 10.1. The summed E-state index contributed by atoms with van der Waals surface area (Å²) in [7, 11) is 0. The summed E-state index contributed by atoms with van der Waals surface area (Å²) in [6.45, 7) is 4.47. The van der Waals surface area contributed by atoms with Gasteiger partial charge < -0.3 is 15.3 Å². The van der Waals surface area contributed by atoms with Crippen molar-refractivity contribution in [1.29, 1.82) is 0 Å². The van der Waals surface area contributed by atoms with Crippen LogP contribution in [0.5, 0.6) is 5.75 Å². The topological polar surface area (TPSA) is 35.5 Å². The van der Waals surface area contributed by atoms with Crippen molar-refractivity contribution in [2.45, 2.75) is 12.6 Å². The molecule has 2 rings (SSSR count). The van der Waals surface area contributed by atoms with E-state index >= 15 is 0 Å². The molecular formula is C13H17F3N2O. The van der Waals surface area contributed by atoms with Crippen LogP contribution in [0.15, 0.2) is 18.2 Å². The van der Waals surface area contributed by atoms with Gasteiger partial charge in [-0.1, -0.05) is 6.07 Å². The molecule has 1 aromatic carbocycles. The SMILES string of the molecule is Oc1cc(C(F)(F)F)ccc1CCN1CCNCC1. The smallest absolute Gasteiger partial charge is 0.416 e. The van der Waals surface area contributed by atoms with Crippen LogP contribution in [-0.4, -0.2) is 42.7 Å². The highest BCUT2D eigenvalue weighted by atomic mass is 19.4. The second-order valence-corrected chi connectivity index (χ2v) is 4.68. The van der Waals surface area contributed by atoms with Gasteiger partial charge in [-0.2, -0.15) is 13.2 Å². The van der Waals surface area contributed by atoms with Gasteiger partial charge in [0.2, 0.25) is 0 Å². The fraction of sp³-hybridized carbons (Fsp3) is 0.538. The minimum absolute atomic E-state index is 0.273. The molecule has 0 aliphatic carbocycles. The highest BCUT2D eigenvalue weighted by molar-refractivity contribution is 5.37. The molecular weight excluding hydrogens is 257 g/mol. The Balaban J connectivity index is 1.97. The Labute approximate surface area is 110 Å². The largest absolute Gasteiger partial charge is 0.508 e. The minimum Gasteiger partial charge on any atom is -0.508 e. The molecule has 1 aromatic rings. The third kappa shape index (κ3) is 3.84. The molecule has 1 aliphatic heterocycles. The van der Waals surface area contributed by atoms with Gasteiger partial charge >= 0.3 is 6.18 Å². The van der Waals surface area contributed by atoms with E-state index < -0.39 is 11.7 Å². The lowest BCUT2D eigenvalue weighted by Gasteiger charge is -2.27. The number of rotatable bonds is 3. The first-order valence-electron chi connectivity index (χ1n) is 6.29. The molecule has 1 heterocycles. The number of alkyl halides is 3. The van der Waals surface area contributed by atoms with Crippen molar-refractivity contribution in [2.75, 3.05) is 32.7 Å². The van der Waals surface area contributed by atoms with Crippen LogP contribution >= 0.6 is 0 Å². The number of hydrogen-bond donors (Lipinski definition) is 2. The summed E-state index contributed by atoms with van der Waals surface area (Å²) >= 11 is 0. The van der Waals surface area contributed by atoms with Crippen molar-refractivity contribution < 1.29 is 18.3 Å². The first-order valence-corrected chi connectivity index (χ1v) is 6.29. The molecule has 1 aliphatic rings. The van der Waals surface area contributed by atoms with Crippen LogP contribution in [0, 0.1) is 0 Å². The zero-order valence-electron chi connectivity index (χ0n) is 10.5. The molecule has 6 heteroatoms. The molecule has 0 amide bonds. The molecule has 0 unspecified atom stereocenters. The molecule has 0 saturated carbocycles. The van der Waals surface area contributed by atoms with Crippen molar-refractivity contribution in [1.82, 2.24) is 10.2 Å². The second kappa shape index (κ2) is 5.79. The van der Waals surface area contributed by atoms with Crippen molar-refractivity contribution in [3.05, 3.63) is 29.3 Å². The molecule has 0 aromatic heterocycles. The van der Waals surface area contributed by atoms with Crippen LogP contribution in [0.1, 0.15) is 11.1 Å². The van der Waals surface area contributed by atoms with E-state index in [2.05, 4.69) is 10.2 Å². The normalized spacial score (nSPS) is 17.6. The van der Waals surface area contributed by atoms with Crippen LogP contribution in [0.3, 0.4) is 0 Å². The first kappa shape index (κ1) is 14.1. The summed E-state index contributed by atoms with van der Waals surface area (Å²) in [6, 6.07) is 3.18. The molecule has 0 bridgehead atoms. The zero-order chi connectivity index (χ0) is 13.9. The average Bonchev–Trinajstić information content (AvgIpc) is 2.37. The Morgan fingerprint density at radius 2 is 1.89 bits per heavy atom. The van der Waals surface area contributed by atoms with E-state index in [4.69, 9.17) is 0 Å².